The Kier molecular flexibility index (Phi) is 4.03. The fraction of sp³-hybridized carbons (Fsp3) is 0.562. The van der Waals surface area contributed by atoms with E-state index in [-0.39, 0.29) is 18.1 Å². The SMILES string of the molecule is O=C([C@H]1C[C@@H](O)CN1)N1CCC(c2ccccc2)CC1. The maximum absolute atomic E-state index is 12.3. The Morgan fingerprint density at radius 1 is 1.20 bits per heavy atom. The first-order valence-corrected chi connectivity index (χ1v) is 7.49. The Bertz CT molecular complexity index is 455. The molecule has 4 nitrogen and oxygen atoms in total. The average molecular weight is 274 g/mol. The lowest BCUT2D eigenvalue weighted by atomic mass is 9.89. The van der Waals surface area contributed by atoms with Crippen LogP contribution in [0, 0.1) is 0 Å². The highest BCUT2D eigenvalue weighted by Crippen LogP contribution is 2.28. The molecule has 1 amide bonds. The number of likely N-dealkylation sites (tertiary alicyclic amines) is 1. The van der Waals surface area contributed by atoms with E-state index in [1.165, 1.54) is 5.56 Å². The van der Waals surface area contributed by atoms with Crippen molar-refractivity contribution in [3.05, 3.63) is 35.9 Å². The summed E-state index contributed by atoms with van der Waals surface area (Å²) in [5.74, 6) is 0.732. The van der Waals surface area contributed by atoms with Crippen molar-refractivity contribution >= 4 is 5.91 Å². The Morgan fingerprint density at radius 3 is 2.50 bits per heavy atom. The maximum Gasteiger partial charge on any atom is 0.239 e. The first-order chi connectivity index (χ1) is 9.74. The third-order valence-electron chi connectivity index (χ3n) is 4.48. The molecular weight excluding hydrogens is 252 g/mol. The highest BCUT2D eigenvalue weighted by molar-refractivity contribution is 5.82. The smallest absolute Gasteiger partial charge is 0.239 e. The minimum atomic E-state index is -0.370. The number of piperidine rings is 1. The second-order valence-corrected chi connectivity index (χ2v) is 5.86. The third-order valence-corrected chi connectivity index (χ3v) is 4.48. The van der Waals surface area contributed by atoms with Gasteiger partial charge in [0.25, 0.3) is 0 Å². The number of hydrogen-bond acceptors (Lipinski definition) is 3. The topological polar surface area (TPSA) is 52.6 Å². The average Bonchev–Trinajstić information content (AvgIpc) is 2.94. The minimum Gasteiger partial charge on any atom is -0.392 e. The van der Waals surface area contributed by atoms with Gasteiger partial charge in [0.1, 0.15) is 0 Å². The number of amides is 1. The molecule has 3 rings (SSSR count). The number of aliphatic hydroxyl groups excluding tert-OH is 1. The van der Waals surface area contributed by atoms with Gasteiger partial charge in [-0.15, -0.1) is 0 Å². The predicted octanol–water partition coefficient (Wildman–Crippen LogP) is 1.12. The van der Waals surface area contributed by atoms with Gasteiger partial charge in [0, 0.05) is 19.6 Å². The molecule has 2 N–H and O–H groups in total. The summed E-state index contributed by atoms with van der Waals surface area (Å²) in [5.41, 5.74) is 1.38. The zero-order valence-electron chi connectivity index (χ0n) is 11.7. The summed E-state index contributed by atoms with van der Waals surface area (Å²) >= 11 is 0. The van der Waals surface area contributed by atoms with Gasteiger partial charge in [0.05, 0.1) is 12.1 Å². The van der Waals surface area contributed by atoms with Crippen LogP contribution in [0.25, 0.3) is 0 Å². The van der Waals surface area contributed by atoms with Gasteiger partial charge in [-0.1, -0.05) is 30.3 Å². The van der Waals surface area contributed by atoms with Crippen LogP contribution in [0.5, 0.6) is 0 Å². The van der Waals surface area contributed by atoms with Gasteiger partial charge in [-0.25, -0.2) is 0 Å². The van der Waals surface area contributed by atoms with Gasteiger partial charge in [-0.3, -0.25) is 4.79 Å². The summed E-state index contributed by atoms with van der Waals surface area (Å²) in [6, 6.07) is 10.4. The van der Waals surface area contributed by atoms with Gasteiger partial charge < -0.3 is 15.3 Å². The third kappa shape index (κ3) is 2.86. The highest BCUT2D eigenvalue weighted by Gasteiger charge is 2.33. The van der Waals surface area contributed by atoms with E-state index in [1.54, 1.807) is 0 Å². The van der Waals surface area contributed by atoms with Gasteiger partial charge in [-0.2, -0.15) is 0 Å². The van der Waals surface area contributed by atoms with Crippen molar-refractivity contribution in [2.24, 2.45) is 0 Å². The van der Waals surface area contributed by atoms with Crippen molar-refractivity contribution < 1.29 is 9.90 Å². The molecule has 4 heteroatoms. The first-order valence-electron chi connectivity index (χ1n) is 7.49. The minimum absolute atomic E-state index is 0.160. The monoisotopic (exact) mass is 274 g/mol. The fourth-order valence-corrected chi connectivity index (χ4v) is 3.28. The van der Waals surface area contributed by atoms with Gasteiger partial charge in [0.15, 0.2) is 0 Å². The number of benzene rings is 1. The van der Waals surface area contributed by atoms with Crippen molar-refractivity contribution in [1.29, 1.82) is 0 Å². The molecule has 0 saturated carbocycles. The summed E-state index contributed by atoms with van der Waals surface area (Å²) in [5, 5.41) is 12.6. The molecule has 0 aliphatic carbocycles. The molecule has 0 bridgehead atoms. The molecule has 1 aromatic carbocycles. The van der Waals surface area contributed by atoms with Gasteiger partial charge in [-0.05, 0) is 30.7 Å². The van der Waals surface area contributed by atoms with E-state index in [2.05, 4.69) is 29.6 Å². The van der Waals surface area contributed by atoms with Crippen molar-refractivity contribution in [2.75, 3.05) is 19.6 Å². The van der Waals surface area contributed by atoms with Gasteiger partial charge in [0.2, 0.25) is 5.91 Å². The summed E-state index contributed by atoms with van der Waals surface area (Å²) in [6.07, 6.45) is 2.25. The standard InChI is InChI=1S/C16H22N2O2/c19-14-10-15(17-11-14)16(20)18-8-6-13(7-9-18)12-4-2-1-3-5-12/h1-5,13-15,17,19H,6-11H2/t14-,15-/m1/s1. The lowest BCUT2D eigenvalue weighted by Crippen LogP contribution is -2.46. The highest BCUT2D eigenvalue weighted by atomic mass is 16.3. The lowest BCUT2D eigenvalue weighted by Gasteiger charge is -2.33. The Morgan fingerprint density at radius 2 is 1.90 bits per heavy atom. The summed E-state index contributed by atoms with van der Waals surface area (Å²) in [6.45, 7) is 2.19. The van der Waals surface area contributed by atoms with Crippen LogP contribution in [-0.2, 0) is 4.79 Å². The lowest BCUT2D eigenvalue weighted by molar-refractivity contribution is -0.134. The second-order valence-electron chi connectivity index (χ2n) is 5.86. The predicted molar refractivity (Wildman–Crippen MR) is 77.4 cm³/mol. The molecule has 20 heavy (non-hydrogen) atoms. The molecule has 2 heterocycles. The zero-order valence-corrected chi connectivity index (χ0v) is 11.7. The van der Waals surface area contributed by atoms with Crippen LogP contribution in [0.3, 0.4) is 0 Å². The second kappa shape index (κ2) is 5.94. The van der Waals surface area contributed by atoms with Crippen LogP contribution in [0.4, 0.5) is 0 Å². The molecular formula is C16H22N2O2. The Balaban J connectivity index is 1.55. The van der Waals surface area contributed by atoms with E-state index in [1.807, 2.05) is 11.0 Å². The van der Waals surface area contributed by atoms with Crippen LogP contribution < -0.4 is 5.32 Å². The largest absolute Gasteiger partial charge is 0.392 e. The molecule has 108 valence electrons. The fourth-order valence-electron chi connectivity index (χ4n) is 3.28. The van der Waals surface area contributed by atoms with E-state index in [0.717, 1.165) is 25.9 Å². The van der Waals surface area contributed by atoms with Crippen LogP contribution in [0.2, 0.25) is 0 Å². The molecule has 0 radical (unpaired) electrons. The molecule has 2 aliphatic rings. The number of aliphatic hydroxyl groups is 1. The van der Waals surface area contributed by atoms with Crippen LogP contribution in [0.15, 0.2) is 30.3 Å². The number of nitrogens with one attached hydrogen (secondary N) is 1. The van der Waals surface area contributed by atoms with Crippen LogP contribution in [-0.4, -0.2) is 47.7 Å². The molecule has 2 saturated heterocycles. The maximum atomic E-state index is 12.3. The van der Waals surface area contributed by atoms with Crippen molar-refractivity contribution in [3.8, 4) is 0 Å². The molecule has 2 aliphatic heterocycles. The van der Waals surface area contributed by atoms with Crippen LogP contribution in [0.1, 0.15) is 30.7 Å². The number of hydrogen-bond donors (Lipinski definition) is 2. The van der Waals surface area contributed by atoms with Crippen molar-refractivity contribution in [2.45, 2.75) is 37.3 Å². The van der Waals surface area contributed by atoms with Crippen molar-refractivity contribution in [3.63, 3.8) is 0 Å². The van der Waals surface area contributed by atoms with E-state index in [9.17, 15) is 9.90 Å². The first kappa shape index (κ1) is 13.6. The molecule has 1 aromatic rings. The Hall–Kier alpha value is -1.39. The molecule has 2 fully saturated rings. The quantitative estimate of drug-likeness (QED) is 0.849. The summed E-state index contributed by atoms with van der Waals surface area (Å²) < 4.78 is 0. The molecule has 2 atom stereocenters. The number of nitrogens with zero attached hydrogens (tertiary/aromatic N) is 1. The molecule has 0 spiro atoms. The summed E-state index contributed by atoms with van der Waals surface area (Å²) in [7, 11) is 0. The normalized spacial score (nSPS) is 27.8. The van der Waals surface area contributed by atoms with Gasteiger partial charge >= 0.3 is 0 Å². The van der Waals surface area contributed by atoms with Crippen molar-refractivity contribution in [1.82, 2.24) is 10.2 Å². The summed E-state index contributed by atoms with van der Waals surface area (Å²) in [4.78, 5) is 14.3. The van der Waals surface area contributed by atoms with E-state index in [4.69, 9.17) is 0 Å². The number of carbonyl (C=O) groups is 1. The number of rotatable bonds is 2. The van der Waals surface area contributed by atoms with E-state index < -0.39 is 0 Å². The van der Waals surface area contributed by atoms with E-state index >= 15 is 0 Å². The number of β-amino-alcohol motifs (C(OH)–C–C–N with tert-alkyl or cyclic N) is 1. The molecule has 0 unspecified atom stereocenters. The zero-order chi connectivity index (χ0) is 13.9. The van der Waals surface area contributed by atoms with Crippen LogP contribution >= 0.6 is 0 Å². The number of carbonyl (C=O) groups excluding carboxylic acids is 1. The van der Waals surface area contributed by atoms with E-state index in [0.29, 0.717) is 18.9 Å². The Labute approximate surface area is 119 Å². The molecule has 0 aromatic heterocycles.